The van der Waals surface area contributed by atoms with Crippen molar-refractivity contribution in [3.63, 3.8) is 0 Å². The van der Waals surface area contributed by atoms with Gasteiger partial charge in [-0.3, -0.25) is 4.79 Å². The minimum Gasteiger partial charge on any atom is -0.333 e. The largest absolute Gasteiger partial charge is 0.333 e. The van der Waals surface area contributed by atoms with Crippen molar-refractivity contribution in [2.45, 2.75) is 19.9 Å². The number of para-hydroxylation sites is 1. The Morgan fingerprint density at radius 3 is 2.62 bits per heavy atom. The maximum Gasteiger partial charge on any atom is 0.282 e. The third-order valence-electron chi connectivity index (χ3n) is 4.09. The number of aromatic nitrogens is 2. The van der Waals surface area contributed by atoms with Crippen LogP contribution in [-0.4, -0.2) is 29.6 Å². The number of rotatable bonds is 7. The van der Waals surface area contributed by atoms with Crippen LogP contribution in [0.3, 0.4) is 0 Å². The topological polar surface area (TPSA) is 72.5 Å². The number of amides is 1. The van der Waals surface area contributed by atoms with Gasteiger partial charge in [-0.25, -0.2) is 0 Å². The maximum absolute atomic E-state index is 12.3. The van der Waals surface area contributed by atoms with Gasteiger partial charge in [0.25, 0.3) is 11.8 Å². The maximum atomic E-state index is 12.3. The first-order valence-electron chi connectivity index (χ1n) is 8.72. The summed E-state index contributed by atoms with van der Waals surface area (Å²) in [4.78, 5) is 17.7. The van der Waals surface area contributed by atoms with Crippen molar-refractivity contribution in [3.8, 4) is 11.4 Å². The van der Waals surface area contributed by atoms with E-state index in [9.17, 15) is 4.79 Å². The molecule has 1 heterocycles. The zero-order valence-electron chi connectivity index (χ0n) is 15.0. The molecule has 26 heavy (non-hydrogen) atoms. The smallest absolute Gasteiger partial charge is 0.282 e. The van der Waals surface area contributed by atoms with Crippen molar-refractivity contribution in [2.75, 3.05) is 18.9 Å². The van der Waals surface area contributed by atoms with Crippen LogP contribution < -0.4 is 10.2 Å². The fourth-order valence-electron chi connectivity index (χ4n) is 2.77. The summed E-state index contributed by atoms with van der Waals surface area (Å²) in [6, 6.07) is 17.5. The van der Waals surface area contributed by atoms with Crippen molar-refractivity contribution < 1.29 is 14.2 Å². The molecule has 6 nitrogen and oxygen atoms in total. The third kappa shape index (κ3) is 4.55. The van der Waals surface area contributed by atoms with Gasteiger partial charge >= 0.3 is 0 Å². The molecule has 1 amide bonds. The van der Waals surface area contributed by atoms with Crippen LogP contribution in [0.25, 0.3) is 11.4 Å². The zero-order chi connectivity index (χ0) is 18.4. The van der Waals surface area contributed by atoms with Crippen LogP contribution in [0.15, 0.2) is 59.1 Å². The van der Waals surface area contributed by atoms with Crippen molar-refractivity contribution in [1.82, 2.24) is 10.1 Å². The van der Waals surface area contributed by atoms with Gasteiger partial charge in [0.05, 0.1) is 7.05 Å². The number of likely N-dealkylation sites (N-methyl/N-ethyl adjacent to an activating group) is 1. The molecule has 3 rings (SSSR count). The van der Waals surface area contributed by atoms with E-state index in [4.69, 9.17) is 4.52 Å². The number of anilines is 1. The third-order valence-corrected chi connectivity index (χ3v) is 4.09. The number of aryl methyl sites for hydroxylation is 1. The summed E-state index contributed by atoms with van der Waals surface area (Å²) in [5, 5.41) is 6.99. The molecular weight excluding hydrogens is 328 g/mol. The van der Waals surface area contributed by atoms with E-state index in [0.29, 0.717) is 24.8 Å². The van der Waals surface area contributed by atoms with Crippen LogP contribution in [0.1, 0.15) is 18.4 Å². The quantitative estimate of drug-likeness (QED) is 0.682. The fraction of sp³-hybridized carbons (Fsp3) is 0.250. The van der Waals surface area contributed by atoms with E-state index >= 15 is 0 Å². The van der Waals surface area contributed by atoms with Crippen LogP contribution in [-0.2, 0) is 17.8 Å². The molecule has 0 saturated heterocycles. The lowest BCUT2D eigenvalue weighted by atomic mass is 10.1. The summed E-state index contributed by atoms with van der Waals surface area (Å²) in [5.41, 5.74) is 2.91. The van der Waals surface area contributed by atoms with Gasteiger partial charge in [0, 0.05) is 11.3 Å². The molecule has 2 aromatic carbocycles. The minimum absolute atomic E-state index is 0.0359. The van der Waals surface area contributed by atoms with Crippen LogP contribution in [0.2, 0.25) is 0 Å². The van der Waals surface area contributed by atoms with E-state index in [2.05, 4.69) is 22.4 Å². The van der Waals surface area contributed by atoms with Crippen molar-refractivity contribution in [1.29, 1.82) is 0 Å². The predicted octanol–water partition coefficient (Wildman–Crippen LogP) is 1.95. The lowest BCUT2D eigenvalue weighted by molar-refractivity contribution is -0.886. The van der Waals surface area contributed by atoms with E-state index < -0.39 is 0 Å². The van der Waals surface area contributed by atoms with Crippen LogP contribution >= 0.6 is 0 Å². The van der Waals surface area contributed by atoms with Gasteiger partial charge < -0.3 is 14.7 Å². The number of nitrogens with zero attached hydrogens (tertiary/aromatic N) is 2. The zero-order valence-corrected chi connectivity index (χ0v) is 15.0. The number of hydrogen-bond donors (Lipinski definition) is 2. The molecule has 0 bridgehead atoms. The first-order chi connectivity index (χ1) is 12.7. The fourth-order valence-corrected chi connectivity index (χ4v) is 2.77. The molecule has 1 atom stereocenters. The Kier molecular flexibility index (Phi) is 5.76. The van der Waals surface area contributed by atoms with E-state index in [0.717, 1.165) is 28.1 Å². The molecule has 0 aliphatic rings. The van der Waals surface area contributed by atoms with Gasteiger partial charge in [0.1, 0.15) is 0 Å². The van der Waals surface area contributed by atoms with Crippen LogP contribution in [0.4, 0.5) is 5.69 Å². The number of hydrogen-bond acceptors (Lipinski definition) is 4. The number of nitrogens with one attached hydrogen (secondary N) is 2. The number of benzene rings is 2. The van der Waals surface area contributed by atoms with Gasteiger partial charge in [0.15, 0.2) is 13.1 Å². The predicted molar refractivity (Wildman–Crippen MR) is 99.6 cm³/mol. The second-order valence-electron chi connectivity index (χ2n) is 6.25. The Hall–Kier alpha value is -2.99. The Labute approximate surface area is 152 Å². The van der Waals surface area contributed by atoms with Crippen molar-refractivity contribution in [2.24, 2.45) is 0 Å². The molecule has 2 N–H and O–H groups in total. The highest BCUT2D eigenvalue weighted by molar-refractivity contribution is 5.92. The molecule has 0 fully saturated rings. The molecule has 6 heteroatoms. The monoisotopic (exact) mass is 351 g/mol. The van der Waals surface area contributed by atoms with E-state index in [-0.39, 0.29) is 5.91 Å². The van der Waals surface area contributed by atoms with Gasteiger partial charge in [-0.15, -0.1) is 0 Å². The lowest BCUT2D eigenvalue weighted by Gasteiger charge is -2.13. The number of carbonyl (C=O) groups is 1. The second kappa shape index (κ2) is 8.40. The molecule has 0 saturated carbocycles. The molecular formula is C20H23N4O2+. The summed E-state index contributed by atoms with van der Waals surface area (Å²) in [7, 11) is 1.93. The minimum atomic E-state index is -0.0359. The number of carbonyl (C=O) groups excluding carboxylic acids is 1. The standard InChI is InChI=1S/C20H22N4O2/c1-3-15-9-7-8-12-17(15)21-18(25)13-24(2)14-19-22-20(23-26-19)16-10-5-4-6-11-16/h4-12H,3,13-14H2,1-2H3,(H,21,25)/p+1. The summed E-state index contributed by atoms with van der Waals surface area (Å²) < 4.78 is 5.31. The summed E-state index contributed by atoms with van der Waals surface area (Å²) in [6.07, 6.45) is 0.878. The molecule has 0 spiro atoms. The van der Waals surface area contributed by atoms with Gasteiger partial charge in [0.2, 0.25) is 5.82 Å². The van der Waals surface area contributed by atoms with Gasteiger partial charge in [-0.05, 0) is 18.1 Å². The van der Waals surface area contributed by atoms with Crippen molar-refractivity contribution >= 4 is 11.6 Å². The second-order valence-corrected chi connectivity index (χ2v) is 6.25. The first-order valence-corrected chi connectivity index (χ1v) is 8.72. The van der Waals surface area contributed by atoms with E-state index in [1.807, 2.05) is 61.6 Å². The summed E-state index contributed by atoms with van der Waals surface area (Å²) >= 11 is 0. The molecule has 3 aromatic rings. The van der Waals surface area contributed by atoms with Gasteiger partial charge in [-0.2, -0.15) is 4.98 Å². The molecule has 0 aliphatic heterocycles. The Balaban J connectivity index is 1.56. The lowest BCUT2D eigenvalue weighted by Crippen LogP contribution is -3.08. The molecule has 134 valence electrons. The highest BCUT2D eigenvalue weighted by Crippen LogP contribution is 2.15. The molecule has 0 aliphatic carbocycles. The Bertz CT molecular complexity index is 861. The summed E-state index contributed by atoms with van der Waals surface area (Å²) in [5.74, 6) is 1.05. The van der Waals surface area contributed by atoms with Crippen LogP contribution in [0, 0.1) is 0 Å². The normalized spacial score (nSPS) is 11.9. The number of quaternary nitrogens is 1. The Morgan fingerprint density at radius 1 is 1.12 bits per heavy atom. The molecule has 1 aromatic heterocycles. The van der Waals surface area contributed by atoms with E-state index in [1.54, 1.807) is 0 Å². The molecule has 0 radical (unpaired) electrons. The Morgan fingerprint density at radius 2 is 1.85 bits per heavy atom. The van der Waals surface area contributed by atoms with Gasteiger partial charge in [-0.1, -0.05) is 60.6 Å². The van der Waals surface area contributed by atoms with Crippen molar-refractivity contribution in [3.05, 3.63) is 66.1 Å². The average Bonchev–Trinajstić information content (AvgIpc) is 3.11. The average molecular weight is 351 g/mol. The SMILES string of the molecule is CCc1ccccc1NC(=O)C[NH+](C)Cc1nc(-c2ccccc2)no1. The van der Waals surface area contributed by atoms with Crippen LogP contribution in [0.5, 0.6) is 0 Å². The highest BCUT2D eigenvalue weighted by Gasteiger charge is 2.16. The van der Waals surface area contributed by atoms with E-state index in [1.165, 1.54) is 0 Å². The highest BCUT2D eigenvalue weighted by atomic mass is 16.5. The summed E-state index contributed by atoms with van der Waals surface area (Å²) in [6.45, 7) is 2.88. The molecule has 1 unspecified atom stereocenters. The first kappa shape index (κ1) is 17.8.